The van der Waals surface area contributed by atoms with Gasteiger partial charge in [0.2, 0.25) is 0 Å². The van der Waals surface area contributed by atoms with Crippen molar-refractivity contribution in [2.45, 2.75) is 11.7 Å². The number of hydrogen-bond donors (Lipinski definition) is 3. The van der Waals surface area contributed by atoms with E-state index < -0.39 is 11.7 Å². The van der Waals surface area contributed by atoms with E-state index in [1.807, 2.05) is 36.4 Å². The molecule has 0 bridgehead atoms. The maximum Gasteiger partial charge on any atom is 0.297 e. The monoisotopic (exact) mass is 310 g/mol. The molecular formula is C18H18N2O3. The van der Waals surface area contributed by atoms with Crippen LogP contribution in [0.5, 0.6) is 5.75 Å². The van der Waals surface area contributed by atoms with Crippen molar-refractivity contribution in [3.63, 3.8) is 0 Å². The van der Waals surface area contributed by atoms with Crippen molar-refractivity contribution < 1.29 is 14.6 Å². The summed E-state index contributed by atoms with van der Waals surface area (Å²) in [4.78, 5) is 12.7. The zero-order chi connectivity index (χ0) is 15.9. The number of rotatable bonds is 2. The summed E-state index contributed by atoms with van der Waals surface area (Å²) in [5, 5.41) is 17.1. The maximum atomic E-state index is 12.7. The molecule has 2 aromatic carbocycles. The Morgan fingerprint density at radius 3 is 2.70 bits per heavy atom. The van der Waals surface area contributed by atoms with Gasteiger partial charge in [0.05, 0.1) is 5.92 Å². The predicted molar refractivity (Wildman–Crippen MR) is 86.2 cm³/mol. The molecular weight excluding hydrogens is 292 g/mol. The number of carbonyl (C=O) groups is 1. The second kappa shape index (κ2) is 5.37. The highest BCUT2D eigenvalue weighted by Gasteiger charge is 2.55. The van der Waals surface area contributed by atoms with E-state index >= 15 is 0 Å². The lowest BCUT2D eigenvalue weighted by molar-refractivity contribution is -0.192. The fourth-order valence-corrected chi connectivity index (χ4v) is 3.50. The standard InChI is InChI=1S/C18H18N2O3/c21-17(20-12-6-2-1-3-7-12)18(22)15-11-19-10-14(15)13-8-4-5-9-16(13)23-18/h1-9,14-15,19,22H,10-11H2,(H,20,21)/t14-,15-,18?/m1/s1. The van der Waals surface area contributed by atoms with Gasteiger partial charge in [-0.25, -0.2) is 0 Å². The van der Waals surface area contributed by atoms with Crippen LogP contribution in [0, 0.1) is 5.92 Å². The molecule has 5 heteroatoms. The quantitative estimate of drug-likeness (QED) is 0.790. The SMILES string of the molecule is O=C(Nc1ccccc1)C1(O)Oc2ccccc2[C@H]2CNC[C@H]21. The fraction of sp³-hybridized carbons (Fsp3) is 0.278. The third-order valence-electron chi connectivity index (χ3n) is 4.66. The Balaban J connectivity index is 1.68. The van der Waals surface area contributed by atoms with Gasteiger partial charge in [0, 0.05) is 24.7 Å². The number of para-hydroxylation sites is 2. The first-order valence-corrected chi connectivity index (χ1v) is 7.76. The van der Waals surface area contributed by atoms with Crippen LogP contribution in [0.1, 0.15) is 11.5 Å². The van der Waals surface area contributed by atoms with Crippen molar-refractivity contribution in [2.75, 3.05) is 18.4 Å². The minimum absolute atomic E-state index is 0.0615. The number of hydrogen-bond acceptors (Lipinski definition) is 4. The van der Waals surface area contributed by atoms with Crippen LogP contribution in [0.3, 0.4) is 0 Å². The largest absolute Gasteiger partial charge is 0.452 e. The highest BCUT2D eigenvalue weighted by Crippen LogP contribution is 2.46. The van der Waals surface area contributed by atoms with E-state index in [1.54, 1.807) is 18.2 Å². The average Bonchev–Trinajstić information content (AvgIpc) is 3.07. The highest BCUT2D eigenvalue weighted by atomic mass is 16.6. The van der Waals surface area contributed by atoms with Crippen molar-refractivity contribution in [1.29, 1.82) is 0 Å². The fourth-order valence-electron chi connectivity index (χ4n) is 3.50. The lowest BCUT2D eigenvalue weighted by Crippen LogP contribution is -2.57. The molecule has 0 spiro atoms. The van der Waals surface area contributed by atoms with Crippen LogP contribution in [-0.2, 0) is 4.79 Å². The number of amides is 1. The molecule has 2 aliphatic heterocycles. The van der Waals surface area contributed by atoms with Gasteiger partial charge < -0.3 is 20.5 Å². The summed E-state index contributed by atoms with van der Waals surface area (Å²) < 4.78 is 5.77. The van der Waals surface area contributed by atoms with E-state index in [2.05, 4.69) is 10.6 Å². The number of fused-ring (bicyclic) bond motifs is 3. The molecule has 0 radical (unpaired) electrons. The summed E-state index contributed by atoms with van der Waals surface area (Å²) in [5.74, 6) is -2.09. The molecule has 1 saturated heterocycles. The van der Waals surface area contributed by atoms with E-state index in [-0.39, 0.29) is 11.8 Å². The summed E-state index contributed by atoms with van der Waals surface area (Å²) in [5.41, 5.74) is 1.68. The van der Waals surface area contributed by atoms with E-state index in [0.717, 1.165) is 12.1 Å². The highest BCUT2D eigenvalue weighted by molar-refractivity contribution is 5.97. The molecule has 4 rings (SSSR count). The lowest BCUT2D eigenvalue weighted by atomic mass is 9.80. The van der Waals surface area contributed by atoms with E-state index in [4.69, 9.17) is 4.74 Å². The third kappa shape index (κ3) is 2.29. The first-order valence-electron chi connectivity index (χ1n) is 7.76. The van der Waals surface area contributed by atoms with E-state index in [0.29, 0.717) is 18.0 Å². The van der Waals surface area contributed by atoms with E-state index in [9.17, 15) is 9.90 Å². The van der Waals surface area contributed by atoms with E-state index in [1.165, 1.54) is 0 Å². The minimum atomic E-state index is -1.88. The zero-order valence-corrected chi connectivity index (χ0v) is 12.5. The second-order valence-electron chi connectivity index (χ2n) is 6.03. The molecule has 1 fully saturated rings. The second-order valence-corrected chi connectivity index (χ2v) is 6.03. The van der Waals surface area contributed by atoms with Crippen LogP contribution in [-0.4, -0.2) is 29.9 Å². The molecule has 0 aromatic heterocycles. The zero-order valence-electron chi connectivity index (χ0n) is 12.5. The van der Waals surface area contributed by atoms with Gasteiger partial charge in [0.1, 0.15) is 5.75 Å². The Morgan fingerprint density at radius 2 is 1.87 bits per heavy atom. The van der Waals surface area contributed by atoms with Crippen molar-refractivity contribution in [1.82, 2.24) is 5.32 Å². The Hall–Kier alpha value is -2.37. The third-order valence-corrected chi connectivity index (χ3v) is 4.66. The molecule has 1 amide bonds. The smallest absolute Gasteiger partial charge is 0.297 e. The molecule has 3 atom stereocenters. The van der Waals surface area contributed by atoms with Crippen LogP contribution in [0.4, 0.5) is 5.69 Å². The maximum absolute atomic E-state index is 12.7. The van der Waals surface area contributed by atoms with Crippen molar-refractivity contribution in [2.24, 2.45) is 5.92 Å². The number of nitrogens with one attached hydrogen (secondary N) is 2. The Labute approximate surface area is 134 Å². The Bertz CT molecular complexity index is 734. The van der Waals surface area contributed by atoms with Crippen molar-refractivity contribution in [3.8, 4) is 5.75 Å². The molecule has 2 aromatic rings. The van der Waals surface area contributed by atoms with Gasteiger partial charge in [-0.1, -0.05) is 36.4 Å². The molecule has 2 heterocycles. The van der Waals surface area contributed by atoms with Gasteiger partial charge in [-0.3, -0.25) is 4.79 Å². The summed E-state index contributed by atoms with van der Waals surface area (Å²) in [6, 6.07) is 16.7. The summed E-state index contributed by atoms with van der Waals surface area (Å²) in [6.45, 7) is 1.27. The summed E-state index contributed by atoms with van der Waals surface area (Å²) in [7, 11) is 0. The number of anilines is 1. The lowest BCUT2D eigenvalue weighted by Gasteiger charge is -2.40. The van der Waals surface area contributed by atoms with Crippen LogP contribution >= 0.6 is 0 Å². The van der Waals surface area contributed by atoms with Gasteiger partial charge in [-0.15, -0.1) is 0 Å². The summed E-state index contributed by atoms with van der Waals surface area (Å²) in [6.07, 6.45) is 0. The normalized spacial score (nSPS) is 28.4. The van der Waals surface area contributed by atoms with Gasteiger partial charge in [0.15, 0.2) is 0 Å². The first kappa shape index (κ1) is 14.2. The number of carbonyl (C=O) groups excluding carboxylic acids is 1. The molecule has 2 aliphatic rings. The van der Waals surface area contributed by atoms with Crippen LogP contribution in [0.15, 0.2) is 54.6 Å². The molecule has 3 N–H and O–H groups in total. The number of benzene rings is 2. The van der Waals surface area contributed by atoms with Gasteiger partial charge in [0.25, 0.3) is 11.7 Å². The van der Waals surface area contributed by atoms with Gasteiger partial charge in [-0.05, 0) is 23.8 Å². The van der Waals surface area contributed by atoms with Crippen LogP contribution < -0.4 is 15.4 Å². The minimum Gasteiger partial charge on any atom is -0.452 e. The first-order chi connectivity index (χ1) is 11.2. The number of aliphatic hydroxyl groups is 1. The van der Waals surface area contributed by atoms with Gasteiger partial charge >= 0.3 is 0 Å². The molecule has 5 nitrogen and oxygen atoms in total. The molecule has 1 unspecified atom stereocenters. The topological polar surface area (TPSA) is 70.6 Å². The van der Waals surface area contributed by atoms with Crippen molar-refractivity contribution in [3.05, 3.63) is 60.2 Å². The predicted octanol–water partition coefficient (Wildman–Crippen LogP) is 1.71. The molecule has 0 aliphatic carbocycles. The van der Waals surface area contributed by atoms with Gasteiger partial charge in [-0.2, -0.15) is 0 Å². The average molecular weight is 310 g/mol. The molecule has 23 heavy (non-hydrogen) atoms. The Kier molecular flexibility index (Phi) is 3.32. The molecule has 0 saturated carbocycles. The van der Waals surface area contributed by atoms with Crippen LogP contribution in [0.2, 0.25) is 0 Å². The summed E-state index contributed by atoms with van der Waals surface area (Å²) >= 11 is 0. The number of ether oxygens (including phenoxy) is 1. The Morgan fingerprint density at radius 1 is 1.13 bits per heavy atom. The molecule has 118 valence electrons. The van der Waals surface area contributed by atoms with Crippen molar-refractivity contribution >= 4 is 11.6 Å². The van der Waals surface area contributed by atoms with Crippen LogP contribution in [0.25, 0.3) is 0 Å².